The number of primary amides is 1. The summed E-state index contributed by atoms with van der Waals surface area (Å²) in [5, 5.41) is 0. The Morgan fingerprint density at radius 2 is 2.35 bits per heavy atom. The highest BCUT2D eigenvalue weighted by Gasteiger charge is 2.18. The maximum absolute atomic E-state index is 10.5. The summed E-state index contributed by atoms with van der Waals surface area (Å²) in [5.41, 5.74) is 10.6. The van der Waals surface area contributed by atoms with E-state index in [4.69, 9.17) is 10.6 Å². The minimum Gasteiger partial charge on any atom is -0.368 e. The molecule has 1 aliphatic rings. The molecule has 0 heterocycles. The van der Waals surface area contributed by atoms with Crippen molar-refractivity contribution >= 4 is 21.8 Å². The zero-order valence-electron chi connectivity index (χ0n) is 9.41. The van der Waals surface area contributed by atoms with Crippen LogP contribution in [0.2, 0.25) is 0 Å². The smallest absolute Gasteiger partial charge is 0.245 e. The summed E-state index contributed by atoms with van der Waals surface area (Å²) >= 11 is 3.47. The summed E-state index contributed by atoms with van der Waals surface area (Å²) in [4.78, 5) is 15.6. The number of carbonyl (C=O) groups is 1. The van der Waals surface area contributed by atoms with Crippen molar-refractivity contribution in [1.29, 1.82) is 0 Å². The lowest BCUT2D eigenvalue weighted by molar-refractivity contribution is -0.126. The van der Waals surface area contributed by atoms with Gasteiger partial charge in [0, 0.05) is 10.5 Å². The normalized spacial score (nSPS) is 18.8. The van der Waals surface area contributed by atoms with E-state index >= 15 is 0 Å². The van der Waals surface area contributed by atoms with E-state index in [0.29, 0.717) is 0 Å². The van der Waals surface area contributed by atoms with Crippen LogP contribution in [0, 0.1) is 0 Å². The molecule has 92 valence electrons. The molecule has 1 unspecified atom stereocenters. The number of hydroxylamine groups is 1. The lowest BCUT2D eigenvalue weighted by atomic mass is 9.89. The third kappa shape index (κ3) is 3.52. The van der Waals surface area contributed by atoms with E-state index in [2.05, 4.69) is 33.5 Å². The van der Waals surface area contributed by atoms with Crippen LogP contribution in [0.1, 0.15) is 17.5 Å². The van der Waals surface area contributed by atoms with Crippen LogP contribution in [0.3, 0.4) is 0 Å². The molecule has 1 amide bonds. The Kier molecular flexibility index (Phi) is 4.15. The van der Waals surface area contributed by atoms with Gasteiger partial charge < -0.3 is 5.73 Å². The van der Waals surface area contributed by atoms with Crippen molar-refractivity contribution < 1.29 is 9.63 Å². The molecular formula is C12H15BrN2O2. The third-order valence-corrected chi connectivity index (χ3v) is 3.35. The average Bonchev–Trinajstić information content (AvgIpc) is 2.29. The summed E-state index contributed by atoms with van der Waals surface area (Å²) < 4.78 is 1.12. The van der Waals surface area contributed by atoms with Gasteiger partial charge in [0.2, 0.25) is 5.91 Å². The number of carbonyl (C=O) groups excluding carboxylic acids is 1. The summed E-state index contributed by atoms with van der Waals surface area (Å²) in [6.45, 7) is -0.0797. The number of hydrogen-bond donors (Lipinski definition) is 2. The lowest BCUT2D eigenvalue weighted by Crippen LogP contribution is -2.36. The number of benzene rings is 1. The first-order chi connectivity index (χ1) is 8.15. The number of amides is 1. The molecule has 0 spiro atoms. The predicted octanol–water partition coefficient (Wildman–Crippen LogP) is 1.31. The quantitative estimate of drug-likeness (QED) is 0.824. The molecule has 0 saturated carbocycles. The molecule has 1 atom stereocenters. The minimum atomic E-state index is -0.461. The van der Waals surface area contributed by atoms with Gasteiger partial charge >= 0.3 is 0 Å². The first-order valence-electron chi connectivity index (χ1n) is 5.58. The second-order valence-corrected chi connectivity index (χ2v) is 5.14. The summed E-state index contributed by atoms with van der Waals surface area (Å²) in [6, 6.07) is 6.59. The van der Waals surface area contributed by atoms with Gasteiger partial charge in [-0.1, -0.05) is 22.0 Å². The van der Waals surface area contributed by atoms with Gasteiger partial charge in [0.15, 0.2) is 0 Å². The van der Waals surface area contributed by atoms with Gasteiger partial charge in [-0.2, -0.15) is 5.48 Å². The summed E-state index contributed by atoms with van der Waals surface area (Å²) in [6.07, 6.45) is 2.94. The number of nitrogens with two attached hydrogens (primary N) is 1. The van der Waals surface area contributed by atoms with E-state index < -0.39 is 5.91 Å². The number of aryl methyl sites for hydroxylation is 1. The number of halogens is 1. The second-order valence-electron chi connectivity index (χ2n) is 4.23. The van der Waals surface area contributed by atoms with Gasteiger partial charge in [0.1, 0.15) is 6.61 Å². The zero-order valence-corrected chi connectivity index (χ0v) is 11.0. The maximum Gasteiger partial charge on any atom is 0.245 e. The number of fused-ring (bicyclic) bond motifs is 1. The molecule has 0 aromatic heterocycles. The van der Waals surface area contributed by atoms with Gasteiger partial charge in [-0.05, 0) is 42.5 Å². The van der Waals surface area contributed by atoms with Crippen LogP contribution in [0.15, 0.2) is 22.7 Å². The van der Waals surface area contributed by atoms with Crippen molar-refractivity contribution in [2.24, 2.45) is 5.73 Å². The van der Waals surface area contributed by atoms with E-state index in [-0.39, 0.29) is 12.6 Å². The molecule has 1 aliphatic carbocycles. The topological polar surface area (TPSA) is 64.4 Å². The van der Waals surface area contributed by atoms with Gasteiger partial charge in [-0.25, -0.2) is 0 Å². The van der Waals surface area contributed by atoms with Crippen molar-refractivity contribution in [2.75, 3.05) is 6.61 Å². The molecule has 3 N–H and O–H groups in total. The Morgan fingerprint density at radius 1 is 1.53 bits per heavy atom. The molecule has 0 fully saturated rings. The minimum absolute atomic E-state index is 0.0797. The van der Waals surface area contributed by atoms with Crippen LogP contribution >= 0.6 is 15.9 Å². The lowest BCUT2D eigenvalue weighted by Gasteiger charge is -2.25. The molecule has 17 heavy (non-hydrogen) atoms. The number of nitrogens with one attached hydrogen (secondary N) is 1. The van der Waals surface area contributed by atoms with Crippen LogP contribution in [-0.2, 0) is 22.5 Å². The monoisotopic (exact) mass is 298 g/mol. The van der Waals surface area contributed by atoms with Crippen LogP contribution in [0.25, 0.3) is 0 Å². The Hall–Kier alpha value is -0.910. The van der Waals surface area contributed by atoms with Crippen molar-refractivity contribution in [1.82, 2.24) is 5.48 Å². The fourth-order valence-electron chi connectivity index (χ4n) is 2.05. The predicted molar refractivity (Wildman–Crippen MR) is 68.2 cm³/mol. The Bertz CT molecular complexity index is 423. The van der Waals surface area contributed by atoms with E-state index in [1.807, 2.05) is 6.07 Å². The number of hydrogen-bond acceptors (Lipinski definition) is 3. The largest absolute Gasteiger partial charge is 0.368 e. The average molecular weight is 299 g/mol. The molecule has 0 aliphatic heterocycles. The molecule has 1 aromatic carbocycles. The van der Waals surface area contributed by atoms with Gasteiger partial charge in [-0.3, -0.25) is 9.63 Å². The molecule has 0 radical (unpaired) electrons. The highest BCUT2D eigenvalue weighted by molar-refractivity contribution is 9.10. The van der Waals surface area contributed by atoms with E-state index in [1.54, 1.807) is 0 Å². The Labute approximate surface area is 109 Å². The van der Waals surface area contributed by atoms with Crippen LogP contribution in [0.5, 0.6) is 0 Å². The molecule has 0 saturated heterocycles. The molecule has 2 rings (SSSR count). The molecule has 0 bridgehead atoms. The molecular weight excluding hydrogens is 284 g/mol. The SMILES string of the molecule is NC(=O)CONC1CCc2cc(Br)ccc2C1. The summed E-state index contributed by atoms with van der Waals surface area (Å²) in [7, 11) is 0. The maximum atomic E-state index is 10.5. The van der Waals surface area contributed by atoms with Crippen LogP contribution in [-0.4, -0.2) is 18.6 Å². The van der Waals surface area contributed by atoms with E-state index in [0.717, 1.165) is 23.7 Å². The van der Waals surface area contributed by atoms with Crippen LogP contribution < -0.4 is 11.2 Å². The highest BCUT2D eigenvalue weighted by Crippen LogP contribution is 2.24. The van der Waals surface area contributed by atoms with Gasteiger partial charge in [0.05, 0.1) is 0 Å². The Morgan fingerprint density at radius 3 is 3.12 bits per heavy atom. The molecule has 5 heteroatoms. The standard InChI is InChI=1S/C12H15BrN2O2/c13-10-3-1-9-6-11(4-2-8(9)5-10)15-17-7-12(14)16/h1,3,5,11,15H,2,4,6-7H2,(H2,14,16). The first-order valence-corrected chi connectivity index (χ1v) is 6.37. The summed E-state index contributed by atoms with van der Waals surface area (Å²) in [5.74, 6) is -0.461. The van der Waals surface area contributed by atoms with Crippen molar-refractivity contribution in [3.8, 4) is 0 Å². The van der Waals surface area contributed by atoms with E-state index in [9.17, 15) is 4.79 Å². The highest BCUT2D eigenvalue weighted by atomic mass is 79.9. The van der Waals surface area contributed by atoms with Crippen molar-refractivity contribution in [2.45, 2.75) is 25.3 Å². The fraction of sp³-hybridized carbons (Fsp3) is 0.417. The first kappa shape index (κ1) is 12.5. The van der Waals surface area contributed by atoms with Crippen LogP contribution in [0.4, 0.5) is 0 Å². The third-order valence-electron chi connectivity index (χ3n) is 2.86. The van der Waals surface area contributed by atoms with Gasteiger partial charge in [0.25, 0.3) is 0 Å². The Balaban J connectivity index is 1.90. The zero-order chi connectivity index (χ0) is 12.3. The van der Waals surface area contributed by atoms with Crippen molar-refractivity contribution in [3.05, 3.63) is 33.8 Å². The van der Waals surface area contributed by atoms with E-state index in [1.165, 1.54) is 11.1 Å². The molecule has 4 nitrogen and oxygen atoms in total. The second kappa shape index (κ2) is 5.62. The van der Waals surface area contributed by atoms with Gasteiger partial charge in [-0.15, -0.1) is 0 Å². The molecule has 1 aromatic rings. The fourth-order valence-corrected chi connectivity index (χ4v) is 2.46. The van der Waals surface area contributed by atoms with Crippen molar-refractivity contribution in [3.63, 3.8) is 0 Å². The number of rotatable bonds is 4.